The molecule has 5 aliphatic carbocycles. The van der Waals surface area contributed by atoms with E-state index in [2.05, 4.69) is 59.5 Å². The van der Waals surface area contributed by atoms with Crippen LogP contribution in [-0.4, -0.2) is 15.9 Å². The van der Waals surface area contributed by atoms with Crippen LogP contribution in [0.25, 0.3) is 0 Å². The number of carbonyl (C=O) groups is 1. The van der Waals surface area contributed by atoms with Gasteiger partial charge in [0.2, 0.25) is 0 Å². The molecule has 0 amide bonds. The predicted molar refractivity (Wildman–Crippen MR) is 174 cm³/mol. The van der Waals surface area contributed by atoms with E-state index in [9.17, 15) is 9.59 Å². The second-order valence-electron chi connectivity index (χ2n) is 16.8. The molecule has 5 nitrogen and oxygen atoms in total. The molecular formula is C39H52N2O3. The number of esters is 1. The standard InChI is InChI=1S/C39H52N2O3/c1-24-15-18-39(34(43)44-22-26-11-9-8-10-12-26)20-19-37(6)28(31(39)25(24)2)13-14-30-36(5)21-27-32(40-23-41-33(27)42)35(3,4)29(36)16-17-38(30,37)7/h8-13,23-25,29-31H,14-22H2,1-7H3,(H,40,41,42)/t24-,25+,29+,30-,31+,36+,37-,38-,39+/m1/s1. The lowest BCUT2D eigenvalue weighted by Gasteiger charge is -2.70. The Morgan fingerprint density at radius 3 is 2.48 bits per heavy atom. The van der Waals surface area contributed by atoms with E-state index in [1.165, 1.54) is 6.42 Å². The maximum atomic E-state index is 14.3. The van der Waals surface area contributed by atoms with Crippen LogP contribution in [0.3, 0.4) is 0 Å². The number of aromatic nitrogens is 2. The molecule has 3 saturated carbocycles. The average molecular weight is 597 g/mol. The molecule has 9 atom stereocenters. The second kappa shape index (κ2) is 9.90. The number of hydrogen-bond donors (Lipinski definition) is 1. The topological polar surface area (TPSA) is 72.0 Å². The van der Waals surface area contributed by atoms with E-state index in [0.29, 0.717) is 30.3 Å². The minimum Gasteiger partial charge on any atom is -0.460 e. The zero-order valence-electron chi connectivity index (χ0n) is 28.0. The SMILES string of the molecule is C[C@H]1[C@H](C)CC[C@]2(C(=O)OCc3ccccc3)CC[C@]3(C)C(=CC[C@@H]4[C@@]5(C)Cc6c(nc[nH]c6=O)C(C)(C)[C@@H]5CC[C@]43C)[C@H]12. The lowest BCUT2D eigenvalue weighted by atomic mass is 9.33. The lowest BCUT2D eigenvalue weighted by Crippen LogP contribution is -2.65. The van der Waals surface area contributed by atoms with E-state index in [4.69, 9.17) is 9.72 Å². The van der Waals surface area contributed by atoms with Crippen LogP contribution in [0.4, 0.5) is 0 Å². The molecule has 0 aliphatic heterocycles. The summed E-state index contributed by atoms with van der Waals surface area (Å²) in [6, 6.07) is 10.1. The monoisotopic (exact) mass is 596 g/mol. The van der Waals surface area contributed by atoms with Crippen molar-refractivity contribution in [2.45, 2.75) is 112 Å². The summed E-state index contributed by atoms with van der Waals surface area (Å²) in [5.74, 6) is 2.17. The number of allylic oxidation sites excluding steroid dienone is 2. The van der Waals surface area contributed by atoms with Crippen LogP contribution in [0.2, 0.25) is 0 Å². The van der Waals surface area contributed by atoms with Crippen molar-refractivity contribution < 1.29 is 9.53 Å². The number of carbonyl (C=O) groups excluding carboxylic acids is 1. The van der Waals surface area contributed by atoms with E-state index in [0.717, 1.165) is 61.8 Å². The summed E-state index contributed by atoms with van der Waals surface area (Å²) < 4.78 is 6.21. The number of H-pyrrole nitrogens is 1. The van der Waals surface area contributed by atoms with Crippen molar-refractivity contribution in [3.63, 3.8) is 0 Å². The molecule has 1 aromatic carbocycles. The molecule has 1 N–H and O–H groups in total. The minimum atomic E-state index is -0.443. The molecule has 3 fully saturated rings. The van der Waals surface area contributed by atoms with Crippen LogP contribution < -0.4 is 5.56 Å². The highest BCUT2D eigenvalue weighted by Gasteiger charge is 2.69. The first kappa shape index (κ1) is 30.0. The molecule has 7 rings (SSSR count). The first-order valence-corrected chi connectivity index (χ1v) is 17.3. The molecule has 0 spiro atoms. The highest BCUT2D eigenvalue weighted by Crippen LogP contribution is 2.75. The van der Waals surface area contributed by atoms with Crippen LogP contribution in [-0.2, 0) is 28.0 Å². The number of nitrogens with one attached hydrogen (secondary N) is 1. The van der Waals surface area contributed by atoms with Gasteiger partial charge in [-0.1, -0.05) is 90.4 Å². The number of benzene rings is 1. The molecule has 5 aliphatic rings. The second-order valence-corrected chi connectivity index (χ2v) is 16.8. The average Bonchev–Trinajstić information content (AvgIpc) is 2.99. The van der Waals surface area contributed by atoms with Gasteiger partial charge in [0, 0.05) is 11.0 Å². The Kier molecular flexibility index (Phi) is 6.75. The number of ether oxygens (including phenoxy) is 1. The maximum Gasteiger partial charge on any atom is 0.313 e. The zero-order chi connectivity index (χ0) is 31.3. The van der Waals surface area contributed by atoms with Gasteiger partial charge in [0.1, 0.15) is 6.61 Å². The molecule has 1 aromatic heterocycles. The van der Waals surface area contributed by atoms with Gasteiger partial charge in [0.25, 0.3) is 5.56 Å². The van der Waals surface area contributed by atoms with Gasteiger partial charge >= 0.3 is 5.97 Å². The normalized spacial score (nSPS) is 42.0. The summed E-state index contributed by atoms with van der Waals surface area (Å²) in [4.78, 5) is 35.2. The molecular weight excluding hydrogens is 544 g/mol. The van der Waals surface area contributed by atoms with Crippen LogP contribution >= 0.6 is 0 Å². The van der Waals surface area contributed by atoms with E-state index in [-0.39, 0.29) is 39.1 Å². The fourth-order valence-electron chi connectivity index (χ4n) is 12.2. The van der Waals surface area contributed by atoms with Gasteiger partial charge in [-0.05, 0) is 103 Å². The van der Waals surface area contributed by atoms with Gasteiger partial charge in [-0.3, -0.25) is 9.59 Å². The number of nitrogens with zero attached hydrogens (tertiary/aromatic N) is 1. The molecule has 0 unspecified atom stereocenters. The lowest BCUT2D eigenvalue weighted by molar-refractivity contribution is -0.184. The molecule has 1 heterocycles. The maximum absolute atomic E-state index is 14.3. The van der Waals surface area contributed by atoms with Gasteiger partial charge in [-0.25, -0.2) is 4.98 Å². The van der Waals surface area contributed by atoms with Crippen molar-refractivity contribution in [3.05, 3.63) is 75.5 Å². The van der Waals surface area contributed by atoms with E-state index in [1.807, 2.05) is 30.3 Å². The van der Waals surface area contributed by atoms with Crippen LogP contribution in [0.1, 0.15) is 110 Å². The Hall–Kier alpha value is -2.69. The third-order valence-corrected chi connectivity index (χ3v) is 14.9. The third kappa shape index (κ3) is 3.86. The zero-order valence-corrected chi connectivity index (χ0v) is 28.0. The summed E-state index contributed by atoms with van der Waals surface area (Å²) in [5.41, 5.74) is 4.05. The largest absolute Gasteiger partial charge is 0.460 e. The molecule has 236 valence electrons. The number of rotatable bonds is 3. The van der Waals surface area contributed by atoms with Gasteiger partial charge < -0.3 is 9.72 Å². The fraction of sp³-hybridized carbons (Fsp3) is 0.667. The summed E-state index contributed by atoms with van der Waals surface area (Å²) >= 11 is 0. The van der Waals surface area contributed by atoms with Gasteiger partial charge in [-0.2, -0.15) is 0 Å². The minimum absolute atomic E-state index is 0.000798. The van der Waals surface area contributed by atoms with Crippen LogP contribution in [0.15, 0.2) is 53.1 Å². The molecule has 0 radical (unpaired) electrons. The highest BCUT2D eigenvalue weighted by molar-refractivity contribution is 5.79. The van der Waals surface area contributed by atoms with Crippen molar-refractivity contribution >= 4 is 5.97 Å². The van der Waals surface area contributed by atoms with Crippen molar-refractivity contribution in [2.75, 3.05) is 0 Å². The molecule has 0 bridgehead atoms. The van der Waals surface area contributed by atoms with Crippen molar-refractivity contribution in [2.24, 2.45) is 51.2 Å². The van der Waals surface area contributed by atoms with Crippen molar-refractivity contribution in [3.8, 4) is 0 Å². The van der Waals surface area contributed by atoms with Crippen LogP contribution in [0.5, 0.6) is 0 Å². The summed E-state index contributed by atoms with van der Waals surface area (Å²) in [6.45, 7) is 17.4. The summed E-state index contributed by atoms with van der Waals surface area (Å²) in [5, 5.41) is 0. The number of aromatic amines is 1. The van der Waals surface area contributed by atoms with E-state index in [1.54, 1.807) is 11.9 Å². The van der Waals surface area contributed by atoms with Gasteiger partial charge in [0.05, 0.1) is 17.4 Å². The quantitative estimate of drug-likeness (QED) is 0.286. The summed E-state index contributed by atoms with van der Waals surface area (Å²) in [6.07, 6.45) is 12.3. The molecule has 44 heavy (non-hydrogen) atoms. The number of fused-ring (bicyclic) bond motifs is 8. The first-order chi connectivity index (χ1) is 20.8. The van der Waals surface area contributed by atoms with E-state index >= 15 is 0 Å². The first-order valence-electron chi connectivity index (χ1n) is 17.3. The Labute approximate surface area is 263 Å². The Bertz CT molecular complexity index is 1560. The fourth-order valence-corrected chi connectivity index (χ4v) is 12.2. The van der Waals surface area contributed by atoms with Gasteiger partial charge in [0.15, 0.2) is 0 Å². The smallest absolute Gasteiger partial charge is 0.313 e. The molecule has 2 aromatic rings. The molecule has 5 heteroatoms. The Morgan fingerprint density at radius 2 is 1.73 bits per heavy atom. The van der Waals surface area contributed by atoms with Crippen molar-refractivity contribution in [1.82, 2.24) is 9.97 Å². The van der Waals surface area contributed by atoms with Gasteiger partial charge in [-0.15, -0.1) is 0 Å². The Balaban J connectivity index is 1.29. The highest BCUT2D eigenvalue weighted by atomic mass is 16.5. The predicted octanol–water partition coefficient (Wildman–Crippen LogP) is 8.18. The van der Waals surface area contributed by atoms with Crippen LogP contribution in [0, 0.1) is 51.2 Å². The summed E-state index contributed by atoms with van der Waals surface area (Å²) in [7, 11) is 0. The molecule has 0 saturated heterocycles. The Morgan fingerprint density at radius 1 is 0.977 bits per heavy atom. The van der Waals surface area contributed by atoms with Crippen molar-refractivity contribution in [1.29, 1.82) is 0 Å². The number of hydrogen-bond acceptors (Lipinski definition) is 4. The van der Waals surface area contributed by atoms with E-state index < -0.39 is 5.41 Å². The third-order valence-electron chi connectivity index (χ3n) is 14.9.